The summed E-state index contributed by atoms with van der Waals surface area (Å²) in [5.74, 6) is -6.15. The number of rotatable bonds is 23. The highest BCUT2D eigenvalue weighted by atomic mass is 32.2. The van der Waals surface area contributed by atoms with Crippen molar-refractivity contribution in [2.75, 3.05) is 44.1 Å². The lowest BCUT2D eigenvalue weighted by molar-refractivity contribution is -0.150. The maximum Gasteiger partial charge on any atom is 0.357 e. The number of amides is 2. The Balaban J connectivity index is 1.78. The molecule has 52 heavy (non-hydrogen) atoms. The molecule has 0 saturated carbocycles. The summed E-state index contributed by atoms with van der Waals surface area (Å²) < 4.78 is 41.5. The van der Waals surface area contributed by atoms with Gasteiger partial charge in [-0.1, -0.05) is 0 Å². The van der Waals surface area contributed by atoms with E-state index in [4.69, 9.17) is 29.7 Å². The Labute approximate surface area is 295 Å². The Morgan fingerprint density at radius 2 is 1.13 bits per heavy atom. The highest BCUT2D eigenvalue weighted by molar-refractivity contribution is 7.87. The molecule has 2 amide bonds. The fourth-order valence-corrected chi connectivity index (χ4v) is 5.17. The number of nitrogens with one attached hydrogen (secondary N) is 1. The van der Waals surface area contributed by atoms with Gasteiger partial charge in [0.15, 0.2) is 0 Å². The fraction of sp³-hybridized carbons (Fsp3) is 0.379. The molecule has 0 aliphatic rings. The molecule has 22 nitrogen and oxygen atoms in total. The predicted octanol–water partition coefficient (Wildman–Crippen LogP) is -1.24. The number of aliphatic carboxylic acids is 4. The number of carbonyl (C=O) groups is 6. The Hall–Kier alpha value is -6.07. The molecule has 0 fully saturated rings. The van der Waals surface area contributed by atoms with Gasteiger partial charge in [0, 0.05) is 31.3 Å². The third kappa shape index (κ3) is 14.0. The van der Waals surface area contributed by atoms with Gasteiger partial charge in [-0.2, -0.15) is 8.42 Å². The number of hydrogen-bond donors (Lipinski definition) is 6. The number of nitrogens with zero attached hydrogens (tertiary/aromatic N) is 7. The van der Waals surface area contributed by atoms with Crippen LogP contribution in [-0.4, -0.2) is 142 Å². The Bertz CT molecular complexity index is 1720. The molecule has 0 aliphatic heterocycles. The lowest BCUT2D eigenvalue weighted by Crippen LogP contribution is -2.41. The highest BCUT2D eigenvalue weighted by Gasteiger charge is 2.24. The van der Waals surface area contributed by atoms with Crippen LogP contribution in [0.25, 0.3) is 0 Å². The fourth-order valence-electron chi connectivity index (χ4n) is 4.74. The van der Waals surface area contributed by atoms with Crippen molar-refractivity contribution in [1.82, 2.24) is 33.8 Å². The lowest BCUT2D eigenvalue weighted by atomic mass is 10.3. The van der Waals surface area contributed by atoms with E-state index in [2.05, 4.69) is 9.97 Å². The average molecular weight is 753 g/mol. The van der Waals surface area contributed by atoms with Gasteiger partial charge in [0.1, 0.15) is 56.7 Å². The zero-order valence-corrected chi connectivity index (χ0v) is 28.2. The number of carbonyl (C=O) groups excluding carboxylic acids is 2. The van der Waals surface area contributed by atoms with E-state index in [1.807, 2.05) is 9.62 Å². The number of aromatic nitrogens is 4. The van der Waals surface area contributed by atoms with Gasteiger partial charge in [0.25, 0.3) is 0 Å². The molecule has 2 heterocycles. The summed E-state index contributed by atoms with van der Waals surface area (Å²) in [6, 6.07) is 5.70. The second-order valence-corrected chi connectivity index (χ2v) is 12.2. The van der Waals surface area contributed by atoms with E-state index in [9.17, 15) is 37.2 Å². The third-order valence-corrected chi connectivity index (χ3v) is 7.44. The van der Waals surface area contributed by atoms with Crippen molar-refractivity contribution in [2.45, 2.75) is 32.6 Å². The number of carboxylic acid groups (broad SMARTS) is 4. The third-order valence-electron chi connectivity index (χ3n) is 6.94. The summed E-state index contributed by atoms with van der Waals surface area (Å²) in [5, 5.41) is 36.6. The highest BCUT2D eigenvalue weighted by Crippen LogP contribution is 2.17. The predicted molar refractivity (Wildman–Crippen MR) is 174 cm³/mol. The molecule has 6 N–H and O–H groups in total. The van der Waals surface area contributed by atoms with Gasteiger partial charge >= 0.3 is 34.2 Å². The molecular weight excluding hydrogens is 716 g/mol. The van der Waals surface area contributed by atoms with Crippen LogP contribution in [0.5, 0.6) is 5.75 Å². The van der Waals surface area contributed by atoms with Crippen molar-refractivity contribution in [3.8, 4) is 5.75 Å². The summed E-state index contributed by atoms with van der Waals surface area (Å²) in [6.07, 6.45) is 6.06. The zero-order valence-electron chi connectivity index (χ0n) is 27.3. The molecule has 0 spiro atoms. The van der Waals surface area contributed by atoms with Crippen molar-refractivity contribution >= 4 is 51.7 Å². The van der Waals surface area contributed by atoms with Crippen LogP contribution < -0.4 is 9.46 Å². The largest absolute Gasteiger partial charge is 0.494 e. The summed E-state index contributed by atoms with van der Waals surface area (Å²) in [6.45, 7) is -3.64. The van der Waals surface area contributed by atoms with Crippen LogP contribution in [0.3, 0.4) is 0 Å². The smallest absolute Gasteiger partial charge is 0.357 e. The standard InChI is InChI=1S/C29H36N8O14S/c38-24(36(16-26(40)41)17-27(42)43)14-34-9-6-30-22(34)12-33(8-1-11-51-21-4-2-20(3-5-21)32-52(48,49)50)13-23-31-7-10-35(23)15-25(39)37(18-28(44)45)19-29(46)47/h2-7,9-10,32H,1,8,11-19H2,(H,40,41)(H,42,43)(H,44,45)(H,46,47)(H,48,49,50). The van der Waals surface area contributed by atoms with Gasteiger partial charge in [-0.05, 0) is 30.7 Å². The second kappa shape index (κ2) is 18.8. The first-order chi connectivity index (χ1) is 24.5. The molecule has 3 aromatic rings. The number of ether oxygens (including phenoxy) is 1. The molecule has 3 rings (SSSR count). The van der Waals surface area contributed by atoms with E-state index in [1.165, 1.54) is 58.2 Å². The molecule has 282 valence electrons. The Morgan fingerprint density at radius 1 is 0.712 bits per heavy atom. The van der Waals surface area contributed by atoms with Crippen LogP contribution >= 0.6 is 0 Å². The van der Waals surface area contributed by atoms with Gasteiger partial charge in [0.05, 0.1) is 25.4 Å². The first-order valence-corrected chi connectivity index (χ1v) is 16.6. The zero-order chi connectivity index (χ0) is 38.4. The normalized spacial score (nSPS) is 11.2. The number of benzene rings is 1. The number of imidazole rings is 2. The van der Waals surface area contributed by atoms with Crippen LogP contribution in [0.1, 0.15) is 18.1 Å². The van der Waals surface area contributed by atoms with Crippen molar-refractivity contribution in [3.63, 3.8) is 0 Å². The molecule has 23 heteroatoms. The maximum absolute atomic E-state index is 12.9. The molecule has 0 atom stereocenters. The van der Waals surface area contributed by atoms with E-state index in [0.717, 1.165) is 0 Å². The molecule has 0 saturated heterocycles. The summed E-state index contributed by atoms with van der Waals surface area (Å²) in [7, 11) is -4.46. The van der Waals surface area contributed by atoms with E-state index < -0.39 is 85.3 Å². The molecule has 1 aromatic carbocycles. The van der Waals surface area contributed by atoms with E-state index in [0.29, 0.717) is 33.6 Å². The van der Waals surface area contributed by atoms with Gasteiger partial charge < -0.3 is 44.1 Å². The van der Waals surface area contributed by atoms with Crippen molar-refractivity contribution in [1.29, 1.82) is 0 Å². The quantitative estimate of drug-likeness (QED) is 0.0487. The molecule has 0 bridgehead atoms. The summed E-state index contributed by atoms with van der Waals surface area (Å²) >= 11 is 0. The van der Waals surface area contributed by atoms with Gasteiger partial charge in [-0.3, -0.25) is 42.9 Å². The molecular formula is C29H36N8O14S. The van der Waals surface area contributed by atoms with Crippen molar-refractivity contribution in [3.05, 3.63) is 60.7 Å². The van der Waals surface area contributed by atoms with Crippen LogP contribution in [-0.2, 0) is 65.3 Å². The molecule has 0 aliphatic carbocycles. The SMILES string of the molecule is O=C(O)CN(CC(=O)O)C(=O)Cn1ccnc1CN(CCCOc1ccc(NS(=O)(=O)O)cc1)Cc1nccn1CC(=O)N(CC(=O)O)CC(=O)O. The summed E-state index contributed by atoms with van der Waals surface area (Å²) in [4.78, 5) is 82.5. The summed E-state index contributed by atoms with van der Waals surface area (Å²) in [5.41, 5.74) is 0.104. The van der Waals surface area contributed by atoms with Crippen LogP contribution in [0, 0.1) is 0 Å². The van der Waals surface area contributed by atoms with Crippen LogP contribution in [0.4, 0.5) is 5.69 Å². The number of hydrogen-bond acceptors (Lipinski definition) is 12. The minimum Gasteiger partial charge on any atom is -0.494 e. The average Bonchev–Trinajstić information content (AvgIpc) is 3.66. The minimum absolute atomic E-state index is 0.0547. The first-order valence-electron chi connectivity index (χ1n) is 15.1. The minimum atomic E-state index is -4.46. The van der Waals surface area contributed by atoms with Crippen molar-refractivity contribution < 1.29 is 66.9 Å². The number of carboxylic acids is 4. The van der Waals surface area contributed by atoms with Crippen molar-refractivity contribution in [2.24, 2.45) is 0 Å². The van der Waals surface area contributed by atoms with Gasteiger partial charge in [-0.15, -0.1) is 0 Å². The van der Waals surface area contributed by atoms with Crippen LogP contribution in [0.2, 0.25) is 0 Å². The van der Waals surface area contributed by atoms with Crippen LogP contribution in [0.15, 0.2) is 49.1 Å². The van der Waals surface area contributed by atoms with E-state index in [1.54, 1.807) is 0 Å². The monoisotopic (exact) mass is 752 g/mol. The van der Waals surface area contributed by atoms with E-state index >= 15 is 0 Å². The topological polar surface area (TPSA) is 304 Å². The first kappa shape index (κ1) is 40.4. The molecule has 2 aromatic heterocycles. The maximum atomic E-state index is 12.9. The Kier molecular flexibility index (Phi) is 14.6. The van der Waals surface area contributed by atoms with Gasteiger partial charge in [0.2, 0.25) is 11.8 Å². The molecule has 0 radical (unpaired) electrons. The van der Waals surface area contributed by atoms with Gasteiger partial charge in [-0.25, -0.2) is 9.97 Å². The van der Waals surface area contributed by atoms with E-state index in [-0.39, 0.29) is 31.9 Å². The number of anilines is 1. The Morgan fingerprint density at radius 3 is 1.52 bits per heavy atom. The molecule has 0 unspecified atom stereocenters. The second-order valence-electron chi connectivity index (χ2n) is 11.0. The lowest BCUT2D eigenvalue weighted by Gasteiger charge is -2.24.